The molecule has 14 heavy (non-hydrogen) atoms. The van der Waals surface area contributed by atoms with Gasteiger partial charge in [0, 0.05) is 0 Å². The monoisotopic (exact) mass is 238 g/mol. The van der Waals surface area contributed by atoms with Gasteiger partial charge >= 0.3 is 0 Å². The molecule has 0 amide bonds. The summed E-state index contributed by atoms with van der Waals surface area (Å²) in [6, 6.07) is -0.870. The summed E-state index contributed by atoms with van der Waals surface area (Å²) in [6.07, 6.45) is 0. The Kier molecular flexibility index (Phi) is 6.34. The minimum atomic E-state index is -1.73. The molecule has 0 aromatic rings. The van der Waals surface area contributed by atoms with Crippen LogP contribution in [0.1, 0.15) is 0 Å². The highest BCUT2D eigenvalue weighted by Gasteiger charge is 2.08. The third-order valence-corrected chi connectivity index (χ3v) is 3.45. The Morgan fingerprint density at radius 3 is 2.21 bits per heavy atom. The second-order valence-electron chi connectivity index (χ2n) is 2.27. The molecule has 0 saturated carbocycles. The highest BCUT2D eigenvalue weighted by molar-refractivity contribution is 8.76. The molecule has 8 heteroatoms. The van der Waals surface area contributed by atoms with E-state index in [2.05, 4.69) is 5.73 Å². The van der Waals surface area contributed by atoms with Crippen molar-refractivity contribution in [1.82, 2.24) is 0 Å². The van der Waals surface area contributed by atoms with Crippen molar-refractivity contribution < 1.29 is 30.3 Å². The smallest absolute Gasteiger partial charge is 0.188 e. The first-order valence-corrected chi connectivity index (χ1v) is 5.96. The van der Waals surface area contributed by atoms with E-state index < -0.39 is 23.8 Å². The predicted molar refractivity (Wildman–Crippen MR) is 46.6 cm³/mol. The van der Waals surface area contributed by atoms with Gasteiger partial charge in [-0.25, -0.2) is 0 Å². The summed E-state index contributed by atoms with van der Waals surface area (Å²) >= 11 is 0. The van der Waals surface area contributed by atoms with Crippen molar-refractivity contribution in [2.75, 3.05) is 11.5 Å². The first-order valence-electron chi connectivity index (χ1n) is 3.47. The summed E-state index contributed by atoms with van der Waals surface area (Å²) in [6.45, 7) is 0. The number of quaternary nitrogens is 1. The Morgan fingerprint density at radius 1 is 1.21 bits per heavy atom. The van der Waals surface area contributed by atoms with Gasteiger partial charge in [0.25, 0.3) is 0 Å². The lowest BCUT2D eigenvalue weighted by Crippen LogP contribution is -2.69. The van der Waals surface area contributed by atoms with Gasteiger partial charge in [0.05, 0.1) is 17.5 Å². The molecule has 0 aliphatic heterocycles. The van der Waals surface area contributed by atoms with Crippen LogP contribution in [0, 0.1) is 0 Å². The molecule has 0 radical (unpaired) electrons. The van der Waals surface area contributed by atoms with Crippen LogP contribution in [0.25, 0.3) is 0 Å². The van der Waals surface area contributed by atoms with Gasteiger partial charge in [0.1, 0.15) is 12.0 Å². The molecule has 0 aromatic carbocycles. The zero-order valence-electron chi connectivity index (χ0n) is 7.06. The quantitative estimate of drug-likeness (QED) is 0.272. The largest absolute Gasteiger partial charge is 0.544 e. The van der Waals surface area contributed by atoms with Crippen LogP contribution in [-0.2, 0) is 14.4 Å². The molecule has 0 fully saturated rings. The number of aliphatic carboxylic acids is 2. The van der Waals surface area contributed by atoms with Gasteiger partial charge in [-0.2, -0.15) is 0 Å². The molecular formula is C6H8NO5S2-. The number of carbonyl (C=O) groups excluding carboxylic acids is 3. The first-order chi connectivity index (χ1) is 6.45. The molecule has 3 N–H and O–H groups in total. The summed E-state index contributed by atoms with van der Waals surface area (Å²) in [7, 11) is 2.01. The highest BCUT2D eigenvalue weighted by atomic mass is 33.1. The topological polar surface area (TPSA) is 125 Å². The zero-order valence-corrected chi connectivity index (χ0v) is 8.69. The number of Topliss-reactive ketones (excluding diaryl/α,β-unsaturated/α-hetero) is 1. The van der Waals surface area contributed by atoms with Gasteiger partial charge in [-0.05, 0) is 0 Å². The van der Waals surface area contributed by atoms with Crippen molar-refractivity contribution in [2.45, 2.75) is 6.04 Å². The minimum Gasteiger partial charge on any atom is -0.544 e. The first kappa shape index (κ1) is 13.3. The fourth-order valence-electron chi connectivity index (χ4n) is 0.352. The van der Waals surface area contributed by atoms with E-state index in [0.717, 1.165) is 21.6 Å². The Morgan fingerprint density at radius 2 is 1.79 bits per heavy atom. The minimum absolute atomic E-state index is 0.160. The fourth-order valence-corrected chi connectivity index (χ4v) is 2.41. The van der Waals surface area contributed by atoms with E-state index >= 15 is 0 Å². The fraction of sp³-hybridized carbons (Fsp3) is 0.500. The standard InChI is InChI=1S/C6H9NO5S2/c7-3(5(9)10)1-13-14-2-4(8)6(11)12/h3H,1-2,7H2,(H,9,10)(H,11,12)/p-1/t3-/m0/s1. The maximum absolute atomic E-state index is 10.5. The second-order valence-corrected chi connectivity index (χ2v) is 4.78. The molecule has 0 aliphatic rings. The Bertz CT molecular complexity index is 244. The lowest BCUT2D eigenvalue weighted by atomic mass is 10.4. The van der Waals surface area contributed by atoms with E-state index in [1.165, 1.54) is 0 Å². The van der Waals surface area contributed by atoms with Crippen molar-refractivity contribution in [2.24, 2.45) is 0 Å². The lowest BCUT2D eigenvalue weighted by molar-refractivity contribution is -0.431. The number of ketones is 1. The lowest BCUT2D eigenvalue weighted by Gasteiger charge is -2.07. The summed E-state index contributed by atoms with van der Waals surface area (Å²) < 4.78 is 0. The summed E-state index contributed by atoms with van der Waals surface area (Å²) in [5, 5.41) is 20.1. The van der Waals surface area contributed by atoms with E-state index in [1.807, 2.05) is 0 Å². The molecule has 1 atom stereocenters. The number of rotatable bonds is 7. The van der Waals surface area contributed by atoms with E-state index in [0.29, 0.717) is 0 Å². The number of carbonyl (C=O) groups is 3. The van der Waals surface area contributed by atoms with Crippen LogP contribution < -0.4 is 15.9 Å². The normalized spacial score (nSPS) is 12.1. The SMILES string of the molecule is [NH3+][C@@H](CSSCC(=O)C(=O)[O-])C(=O)[O-]. The molecular weight excluding hydrogens is 230 g/mol. The average molecular weight is 238 g/mol. The van der Waals surface area contributed by atoms with Gasteiger partial charge in [0.15, 0.2) is 5.78 Å². The van der Waals surface area contributed by atoms with Gasteiger partial charge < -0.3 is 25.5 Å². The van der Waals surface area contributed by atoms with E-state index in [4.69, 9.17) is 0 Å². The van der Waals surface area contributed by atoms with Crippen LogP contribution in [0.15, 0.2) is 0 Å². The van der Waals surface area contributed by atoms with Crippen LogP contribution in [-0.4, -0.2) is 35.3 Å². The number of carboxylic acid groups (broad SMARTS) is 2. The summed E-state index contributed by atoms with van der Waals surface area (Å²) in [5.41, 5.74) is 3.28. The van der Waals surface area contributed by atoms with Crippen LogP contribution in [0.3, 0.4) is 0 Å². The molecule has 0 aromatic heterocycles. The molecule has 0 unspecified atom stereocenters. The predicted octanol–water partition coefficient (Wildman–Crippen LogP) is -3.95. The van der Waals surface area contributed by atoms with Crippen LogP contribution in [0.4, 0.5) is 0 Å². The Hall–Kier alpha value is -0.730. The molecule has 0 saturated heterocycles. The van der Waals surface area contributed by atoms with E-state index in [9.17, 15) is 24.6 Å². The molecule has 6 nitrogen and oxygen atoms in total. The summed E-state index contributed by atoms with van der Waals surface area (Å²) in [5.74, 6) is -4.11. The van der Waals surface area contributed by atoms with Crippen LogP contribution in [0.2, 0.25) is 0 Å². The third kappa shape index (κ3) is 5.84. The van der Waals surface area contributed by atoms with Crippen molar-refractivity contribution in [3.05, 3.63) is 0 Å². The maximum Gasteiger partial charge on any atom is 0.188 e. The van der Waals surface area contributed by atoms with Crippen molar-refractivity contribution in [3.63, 3.8) is 0 Å². The Labute approximate surface area is 87.6 Å². The molecule has 0 spiro atoms. The number of hydrogen-bond donors (Lipinski definition) is 1. The van der Waals surface area contributed by atoms with Gasteiger partial charge in [0.2, 0.25) is 0 Å². The molecule has 80 valence electrons. The Balaban J connectivity index is 3.52. The molecule has 0 aliphatic carbocycles. The van der Waals surface area contributed by atoms with Gasteiger partial charge in [-0.1, -0.05) is 21.6 Å². The van der Waals surface area contributed by atoms with E-state index in [1.54, 1.807) is 0 Å². The van der Waals surface area contributed by atoms with E-state index in [-0.39, 0.29) is 11.5 Å². The molecule has 0 heterocycles. The van der Waals surface area contributed by atoms with Crippen molar-refractivity contribution in [1.29, 1.82) is 0 Å². The van der Waals surface area contributed by atoms with Gasteiger partial charge in [-0.3, -0.25) is 4.79 Å². The van der Waals surface area contributed by atoms with Gasteiger partial charge in [-0.15, -0.1) is 0 Å². The second kappa shape index (κ2) is 6.68. The zero-order chi connectivity index (χ0) is 11.1. The van der Waals surface area contributed by atoms with Crippen molar-refractivity contribution >= 4 is 39.3 Å². The maximum atomic E-state index is 10.5. The number of hydrogen-bond acceptors (Lipinski definition) is 7. The van der Waals surface area contributed by atoms with Crippen LogP contribution in [0.5, 0.6) is 0 Å². The number of carboxylic acids is 2. The molecule has 0 rings (SSSR count). The average Bonchev–Trinajstić information content (AvgIpc) is 2.11. The summed E-state index contributed by atoms with van der Waals surface area (Å²) in [4.78, 5) is 30.6. The molecule has 0 bridgehead atoms. The van der Waals surface area contributed by atoms with Crippen molar-refractivity contribution in [3.8, 4) is 0 Å². The highest BCUT2D eigenvalue weighted by Crippen LogP contribution is 2.20. The van der Waals surface area contributed by atoms with Crippen LogP contribution >= 0.6 is 21.6 Å². The third-order valence-electron chi connectivity index (χ3n) is 1.10.